The van der Waals surface area contributed by atoms with Gasteiger partial charge < -0.3 is 10.6 Å². The van der Waals surface area contributed by atoms with E-state index >= 15 is 0 Å². The quantitative estimate of drug-likeness (QED) is 0.474. The molecule has 0 atom stereocenters. The van der Waals surface area contributed by atoms with Crippen molar-refractivity contribution in [2.45, 2.75) is 12.3 Å². The third-order valence-electron chi connectivity index (χ3n) is 4.19. The SMILES string of the molecule is O=C(CSCc1ccccc1Br)Nc1ccccc1C(=O)NCc1ccccc1. The highest BCUT2D eigenvalue weighted by Crippen LogP contribution is 2.22. The number of thioether (sulfide) groups is 1. The molecule has 2 amide bonds. The molecule has 0 aliphatic carbocycles. The van der Waals surface area contributed by atoms with Gasteiger partial charge in [0.2, 0.25) is 5.91 Å². The predicted octanol–water partition coefficient (Wildman–Crippen LogP) is 5.25. The molecule has 29 heavy (non-hydrogen) atoms. The van der Waals surface area contributed by atoms with Crippen LogP contribution >= 0.6 is 27.7 Å². The van der Waals surface area contributed by atoms with E-state index in [4.69, 9.17) is 0 Å². The maximum absolute atomic E-state index is 12.6. The topological polar surface area (TPSA) is 58.2 Å². The van der Waals surface area contributed by atoms with Crippen molar-refractivity contribution >= 4 is 45.2 Å². The number of amides is 2. The van der Waals surface area contributed by atoms with Gasteiger partial charge >= 0.3 is 0 Å². The van der Waals surface area contributed by atoms with E-state index in [1.165, 1.54) is 11.8 Å². The van der Waals surface area contributed by atoms with Crippen molar-refractivity contribution in [2.24, 2.45) is 0 Å². The second kappa shape index (κ2) is 10.8. The Morgan fingerprint density at radius 2 is 1.55 bits per heavy atom. The Labute approximate surface area is 183 Å². The molecule has 3 aromatic carbocycles. The zero-order chi connectivity index (χ0) is 20.5. The Bertz CT molecular complexity index is 979. The molecule has 0 aliphatic rings. The van der Waals surface area contributed by atoms with Gasteiger partial charge in [0.05, 0.1) is 17.0 Å². The van der Waals surface area contributed by atoms with E-state index in [0.717, 1.165) is 21.4 Å². The van der Waals surface area contributed by atoms with Crippen molar-refractivity contribution < 1.29 is 9.59 Å². The Kier molecular flexibility index (Phi) is 7.90. The van der Waals surface area contributed by atoms with Gasteiger partial charge in [0.25, 0.3) is 5.91 Å². The average Bonchev–Trinajstić information content (AvgIpc) is 2.74. The number of benzene rings is 3. The van der Waals surface area contributed by atoms with E-state index in [2.05, 4.69) is 26.6 Å². The van der Waals surface area contributed by atoms with E-state index < -0.39 is 0 Å². The number of nitrogens with one attached hydrogen (secondary N) is 2. The second-order valence-corrected chi connectivity index (χ2v) is 8.19. The van der Waals surface area contributed by atoms with Crippen LogP contribution in [0.15, 0.2) is 83.3 Å². The summed E-state index contributed by atoms with van der Waals surface area (Å²) in [5.74, 6) is 0.686. The van der Waals surface area contributed by atoms with Gasteiger partial charge in [-0.2, -0.15) is 0 Å². The number of hydrogen-bond donors (Lipinski definition) is 2. The number of para-hydroxylation sites is 1. The van der Waals surface area contributed by atoms with E-state index in [1.807, 2.05) is 54.6 Å². The van der Waals surface area contributed by atoms with Crippen LogP contribution in [0.5, 0.6) is 0 Å². The molecule has 0 saturated heterocycles. The van der Waals surface area contributed by atoms with Crippen LogP contribution < -0.4 is 10.6 Å². The lowest BCUT2D eigenvalue weighted by Crippen LogP contribution is -2.25. The fraction of sp³-hybridized carbons (Fsp3) is 0.130. The molecule has 0 heterocycles. The van der Waals surface area contributed by atoms with Crippen molar-refractivity contribution in [3.63, 3.8) is 0 Å². The Morgan fingerprint density at radius 3 is 2.34 bits per heavy atom. The maximum Gasteiger partial charge on any atom is 0.253 e. The molecule has 0 radical (unpaired) electrons. The van der Waals surface area contributed by atoms with Gasteiger partial charge in [0.15, 0.2) is 0 Å². The minimum Gasteiger partial charge on any atom is -0.348 e. The van der Waals surface area contributed by atoms with E-state index in [0.29, 0.717) is 23.5 Å². The molecule has 4 nitrogen and oxygen atoms in total. The van der Waals surface area contributed by atoms with E-state index in [9.17, 15) is 9.59 Å². The largest absolute Gasteiger partial charge is 0.348 e. The van der Waals surface area contributed by atoms with Gasteiger partial charge in [-0.1, -0.05) is 76.6 Å². The Morgan fingerprint density at radius 1 is 0.862 bits per heavy atom. The van der Waals surface area contributed by atoms with Crippen molar-refractivity contribution in [1.82, 2.24) is 5.32 Å². The van der Waals surface area contributed by atoms with Gasteiger partial charge in [0, 0.05) is 16.8 Å². The van der Waals surface area contributed by atoms with Crippen molar-refractivity contribution in [3.05, 3.63) is 100 Å². The minimum absolute atomic E-state index is 0.134. The summed E-state index contributed by atoms with van der Waals surface area (Å²) in [6.45, 7) is 0.434. The average molecular weight is 469 g/mol. The number of hydrogen-bond acceptors (Lipinski definition) is 3. The maximum atomic E-state index is 12.6. The highest BCUT2D eigenvalue weighted by Gasteiger charge is 2.13. The summed E-state index contributed by atoms with van der Waals surface area (Å²) in [6.07, 6.45) is 0. The lowest BCUT2D eigenvalue weighted by atomic mass is 10.1. The summed E-state index contributed by atoms with van der Waals surface area (Å²) < 4.78 is 1.04. The molecule has 2 N–H and O–H groups in total. The predicted molar refractivity (Wildman–Crippen MR) is 123 cm³/mol. The molecule has 0 unspecified atom stereocenters. The molecule has 6 heteroatoms. The second-order valence-electron chi connectivity index (χ2n) is 6.35. The summed E-state index contributed by atoms with van der Waals surface area (Å²) in [7, 11) is 0. The van der Waals surface area contributed by atoms with Crippen LogP contribution in [0.4, 0.5) is 5.69 Å². The van der Waals surface area contributed by atoms with Gasteiger partial charge in [-0.05, 0) is 29.3 Å². The van der Waals surface area contributed by atoms with Crippen LogP contribution in [0.1, 0.15) is 21.5 Å². The summed E-state index contributed by atoms with van der Waals surface area (Å²) >= 11 is 5.04. The van der Waals surface area contributed by atoms with Crippen LogP contribution in [0.2, 0.25) is 0 Å². The zero-order valence-electron chi connectivity index (χ0n) is 15.7. The monoisotopic (exact) mass is 468 g/mol. The van der Waals surface area contributed by atoms with Gasteiger partial charge in [-0.25, -0.2) is 0 Å². The zero-order valence-corrected chi connectivity index (χ0v) is 18.1. The molecule has 3 aromatic rings. The first-order chi connectivity index (χ1) is 14.1. The smallest absolute Gasteiger partial charge is 0.253 e. The summed E-state index contributed by atoms with van der Waals surface area (Å²) in [4.78, 5) is 25.0. The molecule has 148 valence electrons. The van der Waals surface area contributed by atoms with Crippen LogP contribution in [0.25, 0.3) is 0 Å². The van der Waals surface area contributed by atoms with Crippen LogP contribution in [-0.4, -0.2) is 17.6 Å². The third-order valence-corrected chi connectivity index (χ3v) is 5.95. The fourth-order valence-electron chi connectivity index (χ4n) is 2.72. The number of carbonyl (C=O) groups is 2. The van der Waals surface area contributed by atoms with E-state index in [-0.39, 0.29) is 11.8 Å². The summed E-state index contributed by atoms with van der Waals surface area (Å²) in [6, 6.07) is 24.7. The molecule has 0 spiro atoms. The molecule has 0 saturated carbocycles. The number of rotatable bonds is 8. The number of carbonyl (C=O) groups excluding carboxylic acids is 2. The summed E-state index contributed by atoms with van der Waals surface area (Å²) in [5.41, 5.74) is 3.13. The Balaban J connectivity index is 1.54. The van der Waals surface area contributed by atoms with Crippen molar-refractivity contribution in [1.29, 1.82) is 0 Å². The molecule has 3 rings (SSSR count). The molecule has 0 fully saturated rings. The van der Waals surface area contributed by atoms with E-state index in [1.54, 1.807) is 24.3 Å². The third kappa shape index (κ3) is 6.48. The first-order valence-electron chi connectivity index (χ1n) is 9.15. The first-order valence-corrected chi connectivity index (χ1v) is 11.1. The normalized spacial score (nSPS) is 10.4. The molecule has 0 aromatic heterocycles. The van der Waals surface area contributed by atoms with Gasteiger partial charge in [-0.3, -0.25) is 9.59 Å². The van der Waals surface area contributed by atoms with Crippen molar-refractivity contribution in [2.75, 3.05) is 11.1 Å². The van der Waals surface area contributed by atoms with Gasteiger partial charge in [0.1, 0.15) is 0 Å². The van der Waals surface area contributed by atoms with Crippen LogP contribution in [0, 0.1) is 0 Å². The standard InChI is InChI=1S/C23H21BrN2O2S/c24-20-12-6-4-10-18(20)15-29-16-22(27)26-21-13-7-5-11-19(21)23(28)25-14-17-8-2-1-3-9-17/h1-13H,14-16H2,(H,25,28)(H,26,27). The molecular formula is C23H21BrN2O2S. The van der Waals surface area contributed by atoms with Crippen LogP contribution in [0.3, 0.4) is 0 Å². The van der Waals surface area contributed by atoms with Crippen LogP contribution in [-0.2, 0) is 17.1 Å². The molecule has 0 bridgehead atoms. The number of halogens is 1. The lowest BCUT2D eigenvalue weighted by molar-refractivity contribution is -0.113. The highest BCUT2D eigenvalue weighted by molar-refractivity contribution is 9.10. The summed E-state index contributed by atoms with van der Waals surface area (Å²) in [5, 5.41) is 5.76. The molecular weight excluding hydrogens is 448 g/mol. The van der Waals surface area contributed by atoms with Gasteiger partial charge in [-0.15, -0.1) is 11.8 Å². The highest BCUT2D eigenvalue weighted by atomic mass is 79.9. The fourth-order valence-corrected chi connectivity index (χ4v) is 4.16. The molecule has 0 aliphatic heterocycles. The minimum atomic E-state index is -0.217. The number of anilines is 1. The van der Waals surface area contributed by atoms with Crippen molar-refractivity contribution in [3.8, 4) is 0 Å². The lowest BCUT2D eigenvalue weighted by Gasteiger charge is -2.12. The first kappa shape index (κ1) is 21.1. The Hall–Kier alpha value is -2.57.